The maximum Gasteiger partial charge on any atom is 0.121 e. The molecule has 1 aliphatic rings. The summed E-state index contributed by atoms with van der Waals surface area (Å²) in [5, 5.41) is 3.24. The van der Waals surface area contributed by atoms with Crippen molar-refractivity contribution >= 4 is 5.94 Å². The lowest BCUT2D eigenvalue weighted by Crippen LogP contribution is -2.43. The number of carbonyl (C=O) groups excluding carboxylic acids is 1. The quantitative estimate of drug-likeness (QED) is 0.514. The van der Waals surface area contributed by atoms with Crippen molar-refractivity contribution in [1.82, 2.24) is 10.2 Å². The van der Waals surface area contributed by atoms with Crippen molar-refractivity contribution in [2.45, 2.75) is 0 Å². The minimum atomic E-state index is 0.755. The topological polar surface area (TPSA) is 32.3 Å². The first-order valence-corrected chi connectivity index (χ1v) is 3.56. The van der Waals surface area contributed by atoms with E-state index < -0.39 is 0 Å². The Kier molecular flexibility index (Phi) is 3.16. The maximum atomic E-state index is 9.82. The highest BCUT2D eigenvalue weighted by Gasteiger charge is 2.06. The lowest BCUT2D eigenvalue weighted by Gasteiger charge is -2.25. The molecule has 10 heavy (non-hydrogen) atoms. The van der Waals surface area contributed by atoms with Gasteiger partial charge >= 0.3 is 0 Å². The van der Waals surface area contributed by atoms with Gasteiger partial charge in [-0.2, -0.15) is 0 Å². The van der Waals surface area contributed by atoms with Crippen molar-refractivity contribution in [3.05, 3.63) is 6.08 Å². The van der Waals surface area contributed by atoms with Crippen molar-refractivity contribution in [3.8, 4) is 0 Å². The van der Waals surface area contributed by atoms with E-state index in [1.807, 2.05) is 0 Å². The van der Waals surface area contributed by atoms with Gasteiger partial charge in [-0.1, -0.05) is 0 Å². The number of nitrogens with zero attached hydrogens (tertiary/aromatic N) is 1. The smallest absolute Gasteiger partial charge is 0.121 e. The van der Waals surface area contributed by atoms with Gasteiger partial charge in [-0.3, -0.25) is 4.90 Å². The molecule has 0 spiro atoms. The summed E-state index contributed by atoms with van der Waals surface area (Å²) in [4.78, 5) is 12.0. The van der Waals surface area contributed by atoms with Gasteiger partial charge in [-0.05, 0) is 0 Å². The van der Waals surface area contributed by atoms with Gasteiger partial charge in [0.1, 0.15) is 5.94 Å². The Bertz CT molecular complexity index is 135. The van der Waals surface area contributed by atoms with Crippen LogP contribution >= 0.6 is 0 Å². The van der Waals surface area contributed by atoms with E-state index in [2.05, 4.69) is 10.2 Å². The number of rotatable bonds is 2. The lowest BCUT2D eigenvalue weighted by molar-refractivity contribution is 0.265. The van der Waals surface area contributed by atoms with Gasteiger partial charge < -0.3 is 5.32 Å². The van der Waals surface area contributed by atoms with Crippen LogP contribution in [0.3, 0.4) is 0 Å². The van der Waals surface area contributed by atoms with E-state index in [1.54, 1.807) is 5.94 Å². The van der Waals surface area contributed by atoms with Crippen molar-refractivity contribution in [3.63, 3.8) is 0 Å². The fraction of sp³-hybridized carbons (Fsp3) is 0.714. The van der Waals surface area contributed by atoms with Crippen LogP contribution in [0.2, 0.25) is 0 Å². The monoisotopic (exact) mass is 140 g/mol. The molecule has 0 unspecified atom stereocenters. The molecule has 3 nitrogen and oxygen atoms in total. The van der Waals surface area contributed by atoms with Gasteiger partial charge in [-0.15, -0.1) is 0 Å². The predicted molar refractivity (Wildman–Crippen MR) is 39.6 cm³/mol. The molecule has 0 bridgehead atoms. The van der Waals surface area contributed by atoms with Gasteiger partial charge in [0.15, 0.2) is 0 Å². The highest BCUT2D eigenvalue weighted by atomic mass is 16.1. The SMILES string of the molecule is O=C=CCN1CCNCC1. The Hall–Kier alpha value is -0.630. The average Bonchev–Trinajstić information content (AvgIpc) is 2.03. The molecule has 0 aliphatic carbocycles. The summed E-state index contributed by atoms with van der Waals surface area (Å²) in [6, 6.07) is 0. The number of hydrogen-bond acceptors (Lipinski definition) is 3. The molecule has 0 radical (unpaired) electrons. The fourth-order valence-electron chi connectivity index (χ4n) is 1.06. The largest absolute Gasteiger partial charge is 0.314 e. The standard InChI is InChI=1S/C7H12N2O/c10-7-1-4-9-5-2-8-3-6-9/h1,8H,2-6H2. The zero-order valence-corrected chi connectivity index (χ0v) is 5.97. The summed E-state index contributed by atoms with van der Waals surface area (Å²) < 4.78 is 0. The van der Waals surface area contributed by atoms with Gasteiger partial charge in [0.2, 0.25) is 0 Å². The summed E-state index contributed by atoms with van der Waals surface area (Å²) >= 11 is 0. The third kappa shape index (κ3) is 2.31. The summed E-state index contributed by atoms with van der Waals surface area (Å²) in [7, 11) is 0. The molecule has 1 heterocycles. The molecule has 0 atom stereocenters. The van der Waals surface area contributed by atoms with Crippen LogP contribution in [0.15, 0.2) is 6.08 Å². The zero-order valence-electron chi connectivity index (χ0n) is 5.97. The van der Waals surface area contributed by atoms with Crippen molar-refractivity contribution in [1.29, 1.82) is 0 Å². The van der Waals surface area contributed by atoms with Crippen molar-refractivity contribution in [2.24, 2.45) is 0 Å². The summed E-state index contributed by atoms with van der Waals surface area (Å²) in [5.74, 6) is 1.78. The molecular formula is C7H12N2O. The van der Waals surface area contributed by atoms with Gasteiger partial charge in [-0.25, -0.2) is 4.79 Å². The molecule has 0 saturated carbocycles. The molecule has 1 N–H and O–H groups in total. The molecule has 1 aliphatic heterocycles. The van der Waals surface area contributed by atoms with E-state index in [0.717, 1.165) is 32.7 Å². The number of hydrogen-bond donors (Lipinski definition) is 1. The van der Waals surface area contributed by atoms with Crippen LogP contribution in [0.5, 0.6) is 0 Å². The molecule has 0 aromatic carbocycles. The average molecular weight is 140 g/mol. The van der Waals surface area contributed by atoms with E-state index in [9.17, 15) is 4.79 Å². The highest BCUT2D eigenvalue weighted by Crippen LogP contribution is 1.89. The minimum Gasteiger partial charge on any atom is -0.314 e. The Balaban J connectivity index is 2.19. The van der Waals surface area contributed by atoms with Crippen molar-refractivity contribution in [2.75, 3.05) is 32.7 Å². The summed E-state index contributed by atoms with van der Waals surface area (Å²) in [5.41, 5.74) is 0. The van der Waals surface area contributed by atoms with E-state index in [1.165, 1.54) is 6.08 Å². The van der Waals surface area contributed by atoms with Crippen LogP contribution in [0.1, 0.15) is 0 Å². The second kappa shape index (κ2) is 4.23. The summed E-state index contributed by atoms with van der Waals surface area (Å²) in [6.07, 6.45) is 1.53. The van der Waals surface area contributed by atoms with Crippen molar-refractivity contribution < 1.29 is 4.79 Å². The fourth-order valence-corrected chi connectivity index (χ4v) is 1.06. The van der Waals surface area contributed by atoms with Crippen LogP contribution in [0.4, 0.5) is 0 Å². The zero-order chi connectivity index (χ0) is 7.23. The lowest BCUT2D eigenvalue weighted by atomic mass is 10.3. The first-order valence-electron chi connectivity index (χ1n) is 3.56. The van der Waals surface area contributed by atoms with Crippen LogP contribution in [-0.2, 0) is 4.79 Å². The first kappa shape index (κ1) is 7.48. The van der Waals surface area contributed by atoms with Crippen LogP contribution in [0, 0.1) is 0 Å². The molecule has 3 heteroatoms. The van der Waals surface area contributed by atoms with E-state index in [0.29, 0.717) is 0 Å². The van der Waals surface area contributed by atoms with Crippen LogP contribution in [-0.4, -0.2) is 43.6 Å². The van der Waals surface area contributed by atoms with Crippen LogP contribution in [0.25, 0.3) is 0 Å². The molecule has 1 rings (SSSR count). The molecular weight excluding hydrogens is 128 g/mol. The Morgan fingerprint density at radius 3 is 2.80 bits per heavy atom. The van der Waals surface area contributed by atoms with Gasteiger partial charge in [0.05, 0.1) is 0 Å². The Morgan fingerprint density at radius 2 is 2.20 bits per heavy atom. The molecule has 0 aromatic heterocycles. The third-order valence-electron chi connectivity index (χ3n) is 1.64. The normalized spacial score (nSPS) is 20.0. The second-order valence-corrected chi connectivity index (χ2v) is 2.37. The van der Waals surface area contributed by atoms with E-state index in [4.69, 9.17) is 0 Å². The first-order chi connectivity index (χ1) is 4.93. The van der Waals surface area contributed by atoms with Crippen LogP contribution < -0.4 is 5.32 Å². The number of piperazine rings is 1. The Labute approximate surface area is 60.7 Å². The molecule has 0 aromatic rings. The van der Waals surface area contributed by atoms with Gasteiger partial charge in [0, 0.05) is 38.8 Å². The summed E-state index contributed by atoms with van der Waals surface area (Å²) in [6.45, 7) is 4.90. The highest BCUT2D eigenvalue weighted by molar-refractivity contribution is 5.45. The predicted octanol–water partition coefficient (Wildman–Crippen LogP) is -0.721. The van der Waals surface area contributed by atoms with E-state index in [-0.39, 0.29) is 0 Å². The maximum absolute atomic E-state index is 9.82. The number of nitrogens with one attached hydrogen (secondary N) is 1. The Morgan fingerprint density at radius 1 is 1.50 bits per heavy atom. The van der Waals surface area contributed by atoms with Gasteiger partial charge in [0.25, 0.3) is 0 Å². The molecule has 1 fully saturated rings. The molecule has 1 saturated heterocycles. The third-order valence-corrected chi connectivity index (χ3v) is 1.64. The molecule has 0 amide bonds. The second-order valence-electron chi connectivity index (χ2n) is 2.37. The minimum absolute atomic E-state index is 0.755. The molecule has 56 valence electrons. The van der Waals surface area contributed by atoms with E-state index >= 15 is 0 Å².